The summed E-state index contributed by atoms with van der Waals surface area (Å²) >= 11 is 0. The first-order valence-corrected chi connectivity index (χ1v) is 19.8. The highest BCUT2D eigenvalue weighted by atomic mass is 31.2. The van der Waals surface area contributed by atoms with Gasteiger partial charge in [0.2, 0.25) is 5.91 Å². The van der Waals surface area contributed by atoms with Crippen LogP contribution in [0.4, 0.5) is 0 Å². The Morgan fingerprint density at radius 1 is 0.727 bits per heavy atom. The summed E-state index contributed by atoms with van der Waals surface area (Å²) in [7, 11) is -4.32. The van der Waals surface area contributed by atoms with Gasteiger partial charge in [0.25, 0.3) is 0 Å². The largest absolute Gasteiger partial charge is 0.472 e. The molecule has 9 heteroatoms. The summed E-state index contributed by atoms with van der Waals surface area (Å²) in [5, 5.41) is 13.5. The molecule has 0 aliphatic heterocycles. The van der Waals surface area contributed by atoms with E-state index in [9.17, 15) is 19.4 Å². The second-order valence-corrected chi connectivity index (χ2v) is 13.9. The van der Waals surface area contributed by atoms with Crippen molar-refractivity contribution in [2.75, 3.05) is 19.8 Å². The molecular formula is C35H71N2O6P. The molecule has 5 N–H and O–H groups in total. The summed E-state index contributed by atoms with van der Waals surface area (Å²) in [4.78, 5) is 22.5. The quantitative estimate of drug-likeness (QED) is 0.0311. The van der Waals surface area contributed by atoms with Crippen molar-refractivity contribution in [1.29, 1.82) is 0 Å². The molecule has 3 unspecified atom stereocenters. The molecule has 3 atom stereocenters. The van der Waals surface area contributed by atoms with Gasteiger partial charge in [-0.15, -0.1) is 0 Å². The molecular weight excluding hydrogens is 575 g/mol. The minimum atomic E-state index is -4.32. The van der Waals surface area contributed by atoms with E-state index in [0.717, 1.165) is 38.5 Å². The van der Waals surface area contributed by atoms with Gasteiger partial charge in [0.1, 0.15) is 0 Å². The molecule has 0 aromatic heterocycles. The third-order valence-electron chi connectivity index (χ3n) is 8.11. The number of nitrogens with one attached hydrogen (secondary N) is 1. The van der Waals surface area contributed by atoms with Crippen molar-refractivity contribution in [2.24, 2.45) is 5.73 Å². The van der Waals surface area contributed by atoms with Gasteiger partial charge in [-0.3, -0.25) is 13.8 Å². The predicted molar refractivity (Wildman–Crippen MR) is 185 cm³/mol. The van der Waals surface area contributed by atoms with E-state index >= 15 is 0 Å². The Morgan fingerprint density at radius 3 is 1.61 bits per heavy atom. The van der Waals surface area contributed by atoms with E-state index < -0.39 is 20.0 Å². The SMILES string of the molecule is CCCCCCCCCC/C=C/C(O)C(COP(=O)(O)OCCN)NC(=O)CCCCCCCCCCCCCCCCC. The molecule has 0 spiro atoms. The Hall–Kier alpha value is -0.760. The van der Waals surface area contributed by atoms with Crippen molar-refractivity contribution in [3.8, 4) is 0 Å². The van der Waals surface area contributed by atoms with Crippen molar-refractivity contribution in [2.45, 2.75) is 187 Å². The summed E-state index contributed by atoms with van der Waals surface area (Å²) in [5.41, 5.74) is 5.34. The maximum Gasteiger partial charge on any atom is 0.472 e. The highest BCUT2D eigenvalue weighted by Crippen LogP contribution is 2.43. The topological polar surface area (TPSA) is 131 Å². The van der Waals surface area contributed by atoms with Gasteiger partial charge in [0.05, 0.1) is 25.4 Å². The number of nitrogens with two attached hydrogens (primary N) is 1. The third kappa shape index (κ3) is 29.9. The molecule has 262 valence electrons. The van der Waals surface area contributed by atoms with Crippen LogP contribution in [0.3, 0.4) is 0 Å². The Bertz CT molecular complexity index is 709. The number of hydrogen-bond acceptors (Lipinski definition) is 6. The molecule has 0 bridgehead atoms. The van der Waals surface area contributed by atoms with Crippen LogP contribution < -0.4 is 11.1 Å². The lowest BCUT2D eigenvalue weighted by atomic mass is 10.0. The van der Waals surface area contributed by atoms with Crippen LogP contribution in [0.2, 0.25) is 0 Å². The zero-order valence-electron chi connectivity index (χ0n) is 28.7. The molecule has 0 fully saturated rings. The molecule has 0 aliphatic rings. The third-order valence-corrected chi connectivity index (χ3v) is 9.10. The number of rotatable bonds is 34. The number of phosphoric acid groups is 1. The van der Waals surface area contributed by atoms with E-state index in [1.807, 2.05) is 6.08 Å². The number of aliphatic hydroxyl groups is 1. The van der Waals surface area contributed by atoms with Crippen molar-refractivity contribution >= 4 is 13.7 Å². The van der Waals surface area contributed by atoms with Crippen molar-refractivity contribution in [3.05, 3.63) is 12.2 Å². The molecule has 8 nitrogen and oxygen atoms in total. The average molecular weight is 647 g/mol. The zero-order valence-corrected chi connectivity index (χ0v) is 29.6. The predicted octanol–water partition coefficient (Wildman–Crippen LogP) is 9.27. The Labute approximate surface area is 271 Å². The minimum absolute atomic E-state index is 0.0808. The second-order valence-electron chi connectivity index (χ2n) is 12.4. The maximum atomic E-state index is 12.6. The van der Waals surface area contributed by atoms with Crippen LogP contribution in [0, 0.1) is 0 Å². The number of amides is 1. The van der Waals surface area contributed by atoms with Crippen LogP contribution in [0.15, 0.2) is 12.2 Å². The molecule has 0 aromatic rings. The normalized spacial score (nSPS) is 14.6. The number of aliphatic hydroxyl groups excluding tert-OH is 1. The van der Waals surface area contributed by atoms with E-state index in [2.05, 4.69) is 19.2 Å². The van der Waals surface area contributed by atoms with Crippen LogP contribution in [-0.4, -0.2) is 47.8 Å². The van der Waals surface area contributed by atoms with Crippen molar-refractivity contribution < 1.29 is 28.4 Å². The molecule has 0 aromatic carbocycles. The van der Waals surface area contributed by atoms with Crippen LogP contribution in [0.5, 0.6) is 0 Å². The number of carbonyl (C=O) groups excluding carboxylic acids is 1. The van der Waals surface area contributed by atoms with Gasteiger partial charge in [-0.05, 0) is 19.3 Å². The molecule has 44 heavy (non-hydrogen) atoms. The van der Waals surface area contributed by atoms with Gasteiger partial charge in [-0.1, -0.05) is 161 Å². The Kier molecular flexibility index (Phi) is 31.6. The van der Waals surface area contributed by atoms with Gasteiger partial charge in [0.15, 0.2) is 0 Å². The van der Waals surface area contributed by atoms with E-state index in [0.29, 0.717) is 6.42 Å². The Balaban J connectivity index is 4.27. The molecule has 0 aliphatic carbocycles. The van der Waals surface area contributed by atoms with Crippen LogP contribution in [0.1, 0.15) is 174 Å². The molecule has 0 saturated heterocycles. The van der Waals surface area contributed by atoms with Crippen molar-refractivity contribution in [1.82, 2.24) is 5.32 Å². The highest BCUT2D eigenvalue weighted by molar-refractivity contribution is 7.47. The lowest BCUT2D eigenvalue weighted by Crippen LogP contribution is -2.45. The summed E-state index contributed by atoms with van der Waals surface area (Å²) in [6, 6.07) is -0.851. The fourth-order valence-electron chi connectivity index (χ4n) is 5.31. The molecule has 0 radical (unpaired) electrons. The summed E-state index contributed by atoms with van der Waals surface area (Å²) in [6.45, 7) is 4.11. The van der Waals surface area contributed by atoms with E-state index in [4.69, 9.17) is 14.8 Å². The van der Waals surface area contributed by atoms with E-state index in [-0.39, 0.29) is 25.7 Å². The lowest BCUT2D eigenvalue weighted by molar-refractivity contribution is -0.123. The molecule has 0 heterocycles. The van der Waals surface area contributed by atoms with Gasteiger partial charge in [-0.25, -0.2) is 4.57 Å². The second kappa shape index (κ2) is 32.2. The fraction of sp³-hybridized carbons (Fsp3) is 0.914. The number of hydrogen-bond donors (Lipinski definition) is 4. The van der Waals surface area contributed by atoms with Gasteiger partial charge >= 0.3 is 7.82 Å². The highest BCUT2D eigenvalue weighted by Gasteiger charge is 2.26. The van der Waals surface area contributed by atoms with E-state index in [1.165, 1.54) is 116 Å². The van der Waals surface area contributed by atoms with E-state index in [1.54, 1.807) is 6.08 Å². The molecule has 0 saturated carbocycles. The summed E-state index contributed by atoms with van der Waals surface area (Å²) < 4.78 is 22.0. The average Bonchev–Trinajstić information content (AvgIpc) is 3.01. The number of carbonyl (C=O) groups is 1. The number of phosphoric ester groups is 1. The first kappa shape index (κ1) is 43.2. The van der Waals surface area contributed by atoms with Crippen LogP contribution in [0.25, 0.3) is 0 Å². The monoisotopic (exact) mass is 647 g/mol. The lowest BCUT2D eigenvalue weighted by Gasteiger charge is -2.23. The van der Waals surface area contributed by atoms with Gasteiger partial charge in [-0.2, -0.15) is 0 Å². The van der Waals surface area contributed by atoms with Crippen LogP contribution in [-0.2, 0) is 18.4 Å². The summed E-state index contributed by atoms with van der Waals surface area (Å²) in [6.07, 6.45) is 32.5. The molecule has 0 rings (SSSR count). The van der Waals surface area contributed by atoms with Crippen LogP contribution >= 0.6 is 7.82 Å². The first-order chi connectivity index (χ1) is 21.4. The van der Waals surface area contributed by atoms with Crippen molar-refractivity contribution in [3.63, 3.8) is 0 Å². The number of unbranched alkanes of at least 4 members (excludes halogenated alkanes) is 22. The standard InChI is InChI=1S/C35H71N2O6P/c1-3-5-7-9-11-13-15-16-17-18-19-21-23-25-27-29-35(39)37-33(32-43-44(40,41)42-31-30-36)34(38)28-26-24-22-20-14-12-10-8-6-4-2/h26,28,33-34,38H,3-25,27,29-32,36H2,1-2H3,(H,37,39)(H,40,41)/b28-26+. The zero-order chi connectivity index (χ0) is 32.6. The molecule has 1 amide bonds. The smallest absolute Gasteiger partial charge is 0.387 e. The van der Waals surface area contributed by atoms with Gasteiger partial charge < -0.3 is 21.1 Å². The summed E-state index contributed by atoms with van der Waals surface area (Å²) in [5.74, 6) is -0.195. The van der Waals surface area contributed by atoms with Gasteiger partial charge in [0, 0.05) is 13.0 Å². The Morgan fingerprint density at radius 2 is 1.16 bits per heavy atom. The maximum absolute atomic E-state index is 12.6. The first-order valence-electron chi connectivity index (χ1n) is 18.3. The number of allylic oxidation sites excluding steroid dienone is 1. The minimum Gasteiger partial charge on any atom is -0.387 e. The fourth-order valence-corrected chi connectivity index (χ4v) is 6.07.